The Morgan fingerprint density at radius 3 is 1.92 bits per heavy atom. The molecule has 0 radical (unpaired) electrons. The summed E-state index contributed by atoms with van der Waals surface area (Å²) < 4.78 is 17.0. The van der Waals surface area contributed by atoms with E-state index < -0.39 is 10.8 Å². The number of rotatable bonds is 9. The summed E-state index contributed by atoms with van der Waals surface area (Å²) in [4.78, 5) is 37.3. The monoisotopic (exact) mass is 494 g/mol. The van der Waals surface area contributed by atoms with Crippen molar-refractivity contribution in [3.05, 3.63) is 59.2 Å². The fraction of sp³-hybridized carbons (Fsp3) is 0.433. The molecule has 6 nitrogen and oxygen atoms in total. The Bertz CT molecular complexity index is 1110. The molecule has 0 aliphatic carbocycles. The zero-order chi connectivity index (χ0) is 27.1. The first-order chi connectivity index (χ1) is 16.8. The van der Waals surface area contributed by atoms with Gasteiger partial charge in [-0.25, -0.2) is 0 Å². The SMILES string of the molecule is CCCOc1cc(OC(=O)C(C)(C)C)c(CC)cc1/C=C/C(=O)c1ccc(OC(=O)C(C)(C)C)cc1. The number of ketones is 1. The van der Waals surface area contributed by atoms with Gasteiger partial charge in [0, 0.05) is 17.2 Å². The highest BCUT2D eigenvalue weighted by molar-refractivity contribution is 6.07. The number of aryl methyl sites for hydroxylation is 1. The van der Waals surface area contributed by atoms with E-state index in [0.29, 0.717) is 35.8 Å². The summed E-state index contributed by atoms with van der Waals surface area (Å²) in [7, 11) is 0. The molecule has 194 valence electrons. The maximum atomic E-state index is 12.8. The van der Waals surface area contributed by atoms with E-state index >= 15 is 0 Å². The summed E-state index contributed by atoms with van der Waals surface area (Å²) in [5.41, 5.74) is 0.770. The molecular weight excluding hydrogens is 456 g/mol. The molecule has 0 heterocycles. The first-order valence-corrected chi connectivity index (χ1v) is 12.3. The van der Waals surface area contributed by atoms with Gasteiger partial charge in [0.25, 0.3) is 0 Å². The van der Waals surface area contributed by atoms with E-state index in [9.17, 15) is 14.4 Å². The second-order valence-corrected chi connectivity index (χ2v) is 10.7. The van der Waals surface area contributed by atoms with Crippen LogP contribution in [0.5, 0.6) is 17.2 Å². The molecule has 2 aromatic carbocycles. The predicted molar refractivity (Wildman–Crippen MR) is 142 cm³/mol. The van der Waals surface area contributed by atoms with Crippen LogP contribution in [0, 0.1) is 10.8 Å². The van der Waals surface area contributed by atoms with Gasteiger partial charge in [-0.1, -0.05) is 13.8 Å². The van der Waals surface area contributed by atoms with Gasteiger partial charge in [0.15, 0.2) is 5.78 Å². The highest BCUT2D eigenvalue weighted by Gasteiger charge is 2.25. The molecule has 0 saturated carbocycles. The van der Waals surface area contributed by atoms with Crippen LogP contribution < -0.4 is 14.2 Å². The molecule has 0 fully saturated rings. The van der Waals surface area contributed by atoms with Crippen LogP contribution in [0.3, 0.4) is 0 Å². The van der Waals surface area contributed by atoms with Crippen molar-refractivity contribution in [1.29, 1.82) is 0 Å². The highest BCUT2D eigenvalue weighted by Crippen LogP contribution is 2.33. The van der Waals surface area contributed by atoms with Crippen LogP contribution in [0.1, 0.15) is 83.3 Å². The summed E-state index contributed by atoms with van der Waals surface area (Å²) in [6.07, 6.45) is 4.63. The molecule has 0 amide bonds. The molecular formula is C30H38O6. The molecule has 6 heteroatoms. The lowest BCUT2D eigenvalue weighted by atomic mass is 9.97. The number of hydrogen-bond acceptors (Lipinski definition) is 6. The molecule has 2 aromatic rings. The second-order valence-electron chi connectivity index (χ2n) is 10.7. The topological polar surface area (TPSA) is 78.9 Å². The minimum absolute atomic E-state index is 0.202. The van der Waals surface area contributed by atoms with Gasteiger partial charge < -0.3 is 14.2 Å². The van der Waals surface area contributed by atoms with E-state index in [1.165, 1.54) is 6.08 Å². The van der Waals surface area contributed by atoms with Crippen LogP contribution in [-0.4, -0.2) is 24.3 Å². The standard InChI is InChI=1S/C30H38O6/c1-9-17-34-25-19-26(36-28(33)30(6,7)8)20(10-2)18-22(25)13-16-24(31)21-11-14-23(15-12-21)35-27(32)29(3,4)5/h11-16,18-19H,9-10,17H2,1-8H3/b16-13+. The number of benzene rings is 2. The zero-order valence-electron chi connectivity index (χ0n) is 22.7. The Hall–Kier alpha value is -3.41. The zero-order valence-corrected chi connectivity index (χ0v) is 22.7. The van der Waals surface area contributed by atoms with Crippen molar-refractivity contribution < 1.29 is 28.6 Å². The molecule has 0 atom stereocenters. The number of hydrogen-bond donors (Lipinski definition) is 0. The van der Waals surface area contributed by atoms with Crippen molar-refractivity contribution in [2.75, 3.05) is 6.61 Å². The third kappa shape index (κ3) is 8.08. The molecule has 0 aromatic heterocycles. The van der Waals surface area contributed by atoms with Crippen LogP contribution in [-0.2, 0) is 16.0 Å². The maximum absolute atomic E-state index is 12.8. The van der Waals surface area contributed by atoms with Crippen molar-refractivity contribution in [3.8, 4) is 17.2 Å². The first kappa shape index (κ1) is 28.8. The van der Waals surface area contributed by atoms with Crippen LogP contribution in [0.15, 0.2) is 42.5 Å². The summed E-state index contributed by atoms with van der Waals surface area (Å²) >= 11 is 0. The quantitative estimate of drug-likeness (QED) is 0.164. The van der Waals surface area contributed by atoms with Crippen molar-refractivity contribution in [1.82, 2.24) is 0 Å². The molecule has 0 N–H and O–H groups in total. The number of esters is 2. The Morgan fingerprint density at radius 1 is 0.806 bits per heavy atom. The summed E-state index contributed by atoms with van der Waals surface area (Å²) in [6, 6.07) is 10.1. The number of carbonyl (C=O) groups excluding carboxylic acids is 3. The molecule has 0 saturated heterocycles. The van der Waals surface area contributed by atoms with Gasteiger partial charge in [-0.05, 0) is 102 Å². The molecule has 0 aliphatic heterocycles. The van der Waals surface area contributed by atoms with Gasteiger partial charge in [0.1, 0.15) is 17.2 Å². The van der Waals surface area contributed by atoms with E-state index in [-0.39, 0.29) is 17.7 Å². The number of ether oxygens (including phenoxy) is 3. The maximum Gasteiger partial charge on any atom is 0.316 e. The van der Waals surface area contributed by atoms with Gasteiger partial charge in [0.05, 0.1) is 17.4 Å². The van der Waals surface area contributed by atoms with E-state index in [1.807, 2.05) is 19.9 Å². The summed E-state index contributed by atoms with van der Waals surface area (Å²) in [5.74, 6) is 0.523. The lowest BCUT2D eigenvalue weighted by Gasteiger charge is -2.19. The Kier molecular flexibility index (Phi) is 9.62. The van der Waals surface area contributed by atoms with Crippen LogP contribution in [0.25, 0.3) is 6.08 Å². The fourth-order valence-corrected chi connectivity index (χ4v) is 2.93. The van der Waals surface area contributed by atoms with E-state index in [0.717, 1.165) is 17.5 Å². The van der Waals surface area contributed by atoms with Gasteiger partial charge in [0.2, 0.25) is 0 Å². The van der Waals surface area contributed by atoms with Gasteiger partial charge in [-0.2, -0.15) is 0 Å². The van der Waals surface area contributed by atoms with Crippen molar-refractivity contribution in [2.24, 2.45) is 10.8 Å². The smallest absolute Gasteiger partial charge is 0.316 e. The van der Waals surface area contributed by atoms with Crippen LogP contribution in [0.2, 0.25) is 0 Å². The molecule has 0 aliphatic rings. The largest absolute Gasteiger partial charge is 0.493 e. The Balaban J connectivity index is 2.29. The molecule has 0 unspecified atom stereocenters. The van der Waals surface area contributed by atoms with Crippen LogP contribution >= 0.6 is 0 Å². The highest BCUT2D eigenvalue weighted by atomic mass is 16.5. The van der Waals surface area contributed by atoms with Gasteiger partial charge in [-0.15, -0.1) is 0 Å². The molecule has 0 spiro atoms. The van der Waals surface area contributed by atoms with E-state index in [1.54, 1.807) is 78.0 Å². The fourth-order valence-electron chi connectivity index (χ4n) is 2.93. The number of carbonyl (C=O) groups is 3. The average Bonchev–Trinajstić information content (AvgIpc) is 2.80. The third-order valence-electron chi connectivity index (χ3n) is 5.23. The predicted octanol–water partition coefficient (Wildman–Crippen LogP) is 6.84. The minimum atomic E-state index is -0.638. The molecule has 36 heavy (non-hydrogen) atoms. The minimum Gasteiger partial charge on any atom is -0.493 e. The number of allylic oxidation sites excluding steroid dienone is 1. The van der Waals surface area contributed by atoms with Gasteiger partial charge in [-0.3, -0.25) is 14.4 Å². The second kappa shape index (κ2) is 12.0. The molecule has 0 bridgehead atoms. The van der Waals surface area contributed by atoms with Gasteiger partial charge >= 0.3 is 11.9 Å². The third-order valence-corrected chi connectivity index (χ3v) is 5.23. The van der Waals surface area contributed by atoms with Crippen molar-refractivity contribution >= 4 is 23.8 Å². The summed E-state index contributed by atoms with van der Waals surface area (Å²) in [5, 5.41) is 0. The molecule has 2 rings (SSSR count). The van der Waals surface area contributed by atoms with Crippen molar-refractivity contribution in [2.45, 2.75) is 68.2 Å². The van der Waals surface area contributed by atoms with E-state index in [2.05, 4.69) is 0 Å². The van der Waals surface area contributed by atoms with Crippen LogP contribution in [0.4, 0.5) is 0 Å². The summed E-state index contributed by atoms with van der Waals surface area (Å²) in [6.45, 7) is 15.2. The first-order valence-electron chi connectivity index (χ1n) is 12.3. The normalized spacial score (nSPS) is 11.9. The van der Waals surface area contributed by atoms with E-state index in [4.69, 9.17) is 14.2 Å². The lowest BCUT2D eigenvalue weighted by molar-refractivity contribution is -0.143. The Morgan fingerprint density at radius 2 is 1.39 bits per heavy atom. The Labute approximate surface area is 214 Å². The van der Waals surface area contributed by atoms with Crippen molar-refractivity contribution in [3.63, 3.8) is 0 Å². The average molecular weight is 495 g/mol. The lowest BCUT2D eigenvalue weighted by Crippen LogP contribution is -2.26.